The van der Waals surface area contributed by atoms with E-state index in [1.165, 1.54) is 0 Å². The first-order valence-electron chi connectivity index (χ1n) is 16.4. The van der Waals surface area contributed by atoms with E-state index >= 15 is 0 Å². The van der Waals surface area contributed by atoms with Gasteiger partial charge in [-0.2, -0.15) is 0 Å². The van der Waals surface area contributed by atoms with Crippen LogP contribution in [0.4, 0.5) is 0 Å². The largest absolute Gasteiger partial charge is 0.307 e. The molecule has 0 spiro atoms. The lowest BCUT2D eigenvalue weighted by Crippen LogP contribution is -2.07. The summed E-state index contributed by atoms with van der Waals surface area (Å²) in [6, 6.07) is 56.7. The molecule has 0 aliphatic heterocycles. The minimum absolute atomic E-state index is 0.280. The Balaban J connectivity index is 1.48. The zero-order valence-corrected chi connectivity index (χ0v) is 27.1. The summed E-state index contributed by atoms with van der Waals surface area (Å²) < 4.78 is 34.4. The Bertz CT molecular complexity index is 3040. The van der Waals surface area contributed by atoms with Crippen LogP contribution in [0, 0.1) is 0 Å². The number of rotatable bonds is 4. The second kappa shape index (κ2) is 10.4. The van der Waals surface area contributed by atoms with E-state index < -0.39 is 9.84 Å². The smallest absolute Gasteiger partial charge is 0.207 e. The van der Waals surface area contributed by atoms with Gasteiger partial charge in [0.25, 0.3) is 0 Å². The quantitative estimate of drug-likeness (QED) is 0.141. The van der Waals surface area contributed by atoms with Gasteiger partial charge in [0.15, 0.2) is 0 Å². The molecule has 0 saturated carbocycles. The third-order valence-corrected chi connectivity index (χ3v) is 11.7. The van der Waals surface area contributed by atoms with Crippen LogP contribution in [0.15, 0.2) is 180 Å². The van der Waals surface area contributed by atoms with Crippen LogP contribution in [0.3, 0.4) is 0 Å². The lowest BCUT2D eigenvalue weighted by atomic mass is 9.95. The van der Waals surface area contributed by atoms with Gasteiger partial charge in [-0.15, -0.1) is 0 Å². The summed E-state index contributed by atoms with van der Waals surface area (Å²) >= 11 is 0. The molecule has 0 atom stereocenters. The highest BCUT2D eigenvalue weighted by Gasteiger charge is 2.29. The van der Waals surface area contributed by atoms with Crippen molar-refractivity contribution in [2.75, 3.05) is 0 Å². The Hall–Kier alpha value is -6.17. The molecule has 0 aliphatic rings. The topological polar surface area (TPSA) is 44.0 Å². The lowest BCUT2D eigenvalue weighted by molar-refractivity contribution is 0.598. The molecule has 0 bridgehead atoms. The molecule has 2 aromatic heterocycles. The number of fused-ring (bicyclic) bond motifs is 9. The molecule has 5 heteroatoms. The molecule has 49 heavy (non-hydrogen) atoms. The molecule has 10 aromatic rings. The van der Waals surface area contributed by atoms with Crippen LogP contribution in [0.1, 0.15) is 0 Å². The summed E-state index contributed by atoms with van der Waals surface area (Å²) in [6.07, 6.45) is 0. The molecule has 232 valence electrons. The molecule has 0 fully saturated rings. The third kappa shape index (κ3) is 3.88. The SMILES string of the molecule is O=S(=O)(c1ccccc1)c1c2ccccc2c(-n2c3ccccc3c3c2c2ccccc2n3-c2ccccc2)c2ccc3ccccc3c12. The van der Waals surface area contributed by atoms with Gasteiger partial charge in [-0.05, 0) is 47.2 Å². The van der Waals surface area contributed by atoms with Gasteiger partial charge in [-0.3, -0.25) is 0 Å². The predicted octanol–water partition coefficient (Wildman–Crippen LogP) is 11.0. The summed E-state index contributed by atoms with van der Waals surface area (Å²) in [4.78, 5) is 0.617. The molecule has 0 N–H and O–H groups in total. The van der Waals surface area contributed by atoms with E-state index in [0.29, 0.717) is 10.3 Å². The van der Waals surface area contributed by atoms with Crippen LogP contribution in [0.25, 0.3) is 76.5 Å². The maximum atomic E-state index is 14.9. The summed E-state index contributed by atoms with van der Waals surface area (Å²) in [5.41, 5.74) is 6.41. The van der Waals surface area contributed by atoms with E-state index in [1.54, 1.807) is 24.3 Å². The Labute approximate surface area is 282 Å². The zero-order chi connectivity index (χ0) is 32.7. The van der Waals surface area contributed by atoms with Crippen LogP contribution in [0.2, 0.25) is 0 Å². The molecular formula is C44H28N2O2S. The van der Waals surface area contributed by atoms with Crippen LogP contribution >= 0.6 is 0 Å². The third-order valence-electron chi connectivity index (χ3n) is 9.87. The van der Waals surface area contributed by atoms with Crippen LogP contribution in [-0.4, -0.2) is 17.6 Å². The highest BCUT2D eigenvalue weighted by molar-refractivity contribution is 7.92. The van der Waals surface area contributed by atoms with Gasteiger partial charge in [0.2, 0.25) is 9.84 Å². The first-order valence-corrected chi connectivity index (χ1v) is 17.9. The number of hydrogen-bond acceptors (Lipinski definition) is 2. The molecule has 0 unspecified atom stereocenters. The maximum absolute atomic E-state index is 14.9. The van der Waals surface area contributed by atoms with E-state index in [0.717, 1.165) is 71.1 Å². The van der Waals surface area contributed by atoms with Crippen LogP contribution in [0.5, 0.6) is 0 Å². The van der Waals surface area contributed by atoms with Gasteiger partial charge in [-0.1, -0.05) is 133 Å². The van der Waals surface area contributed by atoms with Gasteiger partial charge in [0, 0.05) is 38.0 Å². The second-order valence-corrected chi connectivity index (χ2v) is 14.4. The van der Waals surface area contributed by atoms with E-state index in [1.807, 2.05) is 48.5 Å². The molecule has 0 amide bonds. The lowest BCUT2D eigenvalue weighted by Gasteiger charge is -2.20. The predicted molar refractivity (Wildman–Crippen MR) is 202 cm³/mol. The van der Waals surface area contributed by atoms with E-state index in [4.69, 9.17) is 0 Å². The molecule has 8 aromatic carbocycles. The average Bonchev–Trinajstić information content (AvgIpc) is 3.67. The number of benzene rings is 8. The summed E-state index contributed by atoms with van der Waals surface area (Å²) in [6.45, 7) is 0. The van der Waals surface area contributed by atoms with Crippen molar-refractivity contribution in [1.29, 1.82) is 0 Å². The molecule has 10 rings (SSSR count). The first-order chi connectivity index (χ1) is 24.1. The van der Waals surface area contributed by atoms with Gasteiger partial charge >= 0.3 is 0 Å². The van der Waals surface area contributed by atoms with Crippen molar-refractivity contribution < 1.29 is 8.42 Å². The molecule has 0 radical (unpaired) electrons. The van der Waals surface area contributed by atoms with Crippen molar-refractivity contribution >= 4 is 75.0 Å². The molecule has 0 saturated heterocycles. The van der Waals surface area contributed by atoms with Crippen molar-refractivity contribution in [3.05, 3.63) is 170 Å². The van der Waals surface area contributed by atoms with E-state index in [2.05, 4.69) is 106 Å². The second-order valence-electron chi connectivity index (χ2n) is 12.5. The van der Waals surface area contributed by atoms with Crippen molar-refractivity contribution in [3.8, 4) is 11.4 Å². The minimum Gasteiger partial charge on any atom is -0.307 e. The van der Waals surface area contributed by atoms with Crippen molar-refractivity contribution in [2.24, 2.45) is 0 Å². The van der Waals surface area contributed by atoms with Gasteiger partial charge in [0.05, 0.1) is 37.5 Å². The number of hydrogen-bond donors (Lipinski definition) is 0. The van der Waals surface area contributed by atoms with Gasteiger partial charge in [-0.25, -0.2) is 8.42 Å². The molecule has 2 heterocycles. The zero-order valence-electron chi connectivity index (χ0n) is 26.3. The summed E-state index contributed by atoms with van der Waals surface area (Å²) in [5, 5.41) is 7.32. The fraction of sp³-hybridized carbons (Fsp3) is 0. The molecule has 0 aliphatic carbocycles. The van der Waals surface area contributed by atoms with Crippen molar-refractivity contribution in [3.63, 3.8) is 0 Å². The number of para-hydroxylation sites is 3. The number of nitrogens with zero attached hydrogens (tertiary/aromatic N) is 2. The van der Waals surface area contributed by atoms with Crippen LogP contribution < -0.4 is 0 Å². The average molecular weight is 649 g/mol. The Morgan fingerprint density at radius 1 is 0.388 bits per heavy atom. The molecular weight excluding hydrogens is 621 g/mol. The fourth-order valence-corrected chi connectivity index (χ4v) is 9.59. The van der Waals surface area contributed by atoms with E-state index in [9.17, 15) is 8.42 Å². The normalized spacial score (nSPS) is 12.2. The maximum Gasteiger partial charge on any atom is 0.207 e. The highest BCUT2D eigenvalue weighted by Crippen LogP contribution is 2.47. The summed E-state index contributed by atoms with van der Waals surface area (Å²) in [5.74, 6) is 0. The van der Waals surface area contributed by atoms with Crippen molar-refractivity contribution in [1.82, 2.24) is 9.13 Å². The van der Waals surface area contributed by atoms with Crippen LogP contribution in [-0.2, 0) is 9.84 Å². The Morgan fingerprint density at radius 2 is 0.898 bits per heavy atom. The highest BCUT2D eigenvalue weighted by atomic mass is 32.2. The van der Waals surface area contributed by atoms with Gasteiger partial charge < -0.3 is 9.13 Å². The van der Waals surface area contributed by atoms with Crippen molar-refractivity contribution in [2.45, 2.75) is 9.79 Å². The summed E-state index contributed by atoms with van der Waals surface area (Å²) in [7, 11) is -3.93. The van der Waals surface area contributed by atoms with Gasteiger partial charge in [0.1, 0.15) is 0 Å². The minimum atomic E-state index is -3.93. The number of sulfone groups is 1. The Kier molecular flexibility index (Phi) is 5.93. The van der Waals surface area contributed by atoms with E-state index in [-0.39, 0.29) is 4.90 Å². The standard InChI is InChI=1S/C44H28N2O2S/c47-49(48,31-18-5-2-6-19-31)44-34-22-10-9-21-33(34)41(37-28-27-29-15-7-8-20-32(29)40(37)44)46-39-26-14-12-24-36(39)42-43(46)35-23-11-13-25-38(35)45(42)30-16-3-1-4-17-30/h1-28H. The fourth-order valence-electron chi connectivity index (χ4n) is 7.88. The molecule has 4 nitrogen and oxygen atoms in total. The first kappa shape index (κ1) is 27.9. The Morgan fingerprint density at radius 3 is 1.59 bits per heavy atom. The monoisotopic (exact) mass is 648 g/mol. The number of aromatic nitrogens is 2.